The zero-order valence-corrected chi connectivity index (χ0v) is 16.4. The lowest BCUT2D eigenvalue weighted by Crippen LogP contribution is -2.11. The summed E-state index contributed by atoms with van der Waals surface area (Å²) in [7, 11) is 0. The topological polar surface area (TPSA) is 64.7 Å². The van der Waals surface area contributed by atoms with Gasteiger partial charge in [0.2, 0.25) is 0 Å². The van der Waals surface area contributed by atoms with E-state index in [1.165, 1.54) is 0 Å². The minimum atomic E-state index is -0.496. The van der Waals surface area contributed by atoms with E-state index in [9.17, 15) is 4.79 Å². The van der Waals surface area contributed by atoms with E-state index < -0.39 is 6.04 Å². The Morgan fingerprint density at radius 3 is 2.57 bits per heavy atom. The van der Waals surface area contributed by atoms with Gasteiger partial charge in [0.1, 0.15) is 17.5 Å². The van der Waals surface area contributed by atoms with Crippen molar-refractivity contribution >= 4 is 23.3 Å². The molecule has 0 bridgehead atoms. The molecule has 3 aromatic rings. The van der Waals surface area contributed by atoms with Crippen LogP contribution in [0.5, 0.6) is 0 Å². The molecule has 0 aliphatic carbocycles. The van der Waals surface area contributed by atoms with E-state index in [0.717, 1.165) is 28.0 Å². The summed E-state index contributed by atoms with van der Waals surface area (Å²) in [5.41, 5.74) is 5.20. The number of ether oxygens (including phenoxy) is 1. The van der Waals surface area contributed by atoms with Crippen molar-refractivity contribution in [2.75, 3.05) is 6.61 Å². The first-order valence-corrected chi connectivity index (χ1v) is 9.51. The number of benzene rings is 2. The van der Waals surface area contributed by atoms with E-state index in [1.807, 2.05) is 55.5 Å². The maximum absolute atomic E-state index is 12.2. The van der Waals surface area contributed by atoms with Gasteiger partial charge in [-0.1, -0.05) is 53.2 Å². The third-order valence-electron chi connectivity index (χ3n) is 4.72. The van der Waals surface area contributed by atoms with Gasteiger partial charge in [0, 0.05) is 16.1 Å². The van der Waals surface area contributed by atoms with Gasteiger partial charge in [-0.25, -0.2) is 0 Å². The van der Waals surface area contributed by atoms with Crippen molar-refractivity contribution in [2.45, 2.75) is 26.3 Å². The highest BCUT2D eigenvalue weighted by molar-refractivity contribution is 6.30. The second-order valence-electron chi connectivity index (χ2n) is 6.55. The maximum atomic E-state index is 12.2. The summed E-state index contributed by atoms with van der Waals surface area (Å²) < 4.78 is 10.6. The number of nitrogens with zero attached hydrogens (tertiary/aromatic N) is 2. The Morgan fingerprint density at radius 2 is 1.86 bits per heavy atom. The summed E-state index contributed by atoms with van der Waals surface area (Å²) in [5, 5.41) is 4.90. The number of hydrogen-bond donors (Lipinski definition) is 0. The molecule has 1 unspecified atom stereocenters. The first kappa shape index (κ1) is 18.4. The highest BCUT2D eigenvalue weighted by atomic mass is 35.5. The van der Waals surface area contributed by atoms with Crippen LogP contribution in [0.25, 0.3) is 11.1 Å². The van der Waals surface area contributed by atoms with Crippen LogP contribution in [0.1, 0.15) is 42.0 Å². The van der Waals surface area contributed by atoms with Crippen molar-refractivity contribution in [2.24, 2.45) is 4.99 Å². The molecule has 28 heavy (non-hydrogen) atoms. The van der Waals surface area contributed by atoms with Crippen molar-refractivity contribution < 1.29 is 14.1 Å². The Hall–Kier alpha value is -2.92. The molecule has 0 radical (unpaired) electrons. The first-order valence-electron chi connectivity index (χ1n) is 9.13. The molecule has 0 amide bonds. The number of carbonyl (C=O) groups excluding carboxylic acids is 1. The van der Waals surface area contributed by atoms with Crippen LogP contribution in [0.3, 0.4) is 0 Å². The molecule has 1 atom stereocenters. The Balaban J connectivity index is 1.92. The monoisotopic (exact) mass is 394 g/mol. The van der Waals surface area contributed by atoms with E-state index in [-0.39, 0.29) is 12.4 Å². The Morgan fingerprint density at radius 1 is 1.14 bits per heavy atom. The van der Waals surface area contributed by atoms with Crippen molar-refractivity contribution in [3.05, 3.63) is 76.1 Å². The number of hydrogen-bond acceptors (Lipinski definition) is 5. The maximum Gasteiger partial charge on any atom is 0.308 e. The van der Waals surface area contributed by atoms with Crippen LogP contribution in [-0.4, -0.2) is 23.4 Å². The molecule has 2 aromatic carbocycles. The molecule has 0 saturated heterocycles. The number of fused-ring (bicyclic) bond motifs is 3. The van der Waals surface area contributed by atoms with Gasteiger partial charge in [-0.05, 0) is 31.5 Å². The van der Waals surface area contributed by atoms with Gasteiger partial charge in [-0.2, -0.15) is 0 Å². The lowest BCUT2D eigenvalue weighted by atomic mass is 9.93. The summed E-state index contributed by atoms with van der Waals surface area (Å²) in [5.74, 6) is 0.383. The van der Waals surface area contributed by atoms with Gasteiger partial charge < -0.3 is 9.26 Å². The molecular weight excluding hydrogens is 376 g/mol. The molecule has 1 aliphatic rings. The standard InChI is InChI=1S/C22H19ClN2O3/c1-3-27-19(26)12-18-22-20(13(2)28-25-22)16-6-4-5-7-17(16)21(24-18)14-8-10-15(23)11-9-14/h4-11,18H,3,12H2,1-2H3. The lowest BCUT2D eigenvalue weighted by molar-refractivity contribution is -0.143. The van der Waals surface area contributed by atoms with Crippen LogP contribution >= 0.6 is 11.6 Å². The van der Waals surface area contributed by atoms with Crippen LogP contribution in [-0.2, 0) is 9.53 Å². The molecule has 1 aliphatic heterocycles. The molecule has 1 aromatic heterocycles. The zero-order valence-electron chi connectivity index (χ0n) is 15.6. The molecule has 0 N–H and O–H groups in total. The van der Waals surface area contributed by atoms with Gasteiger partial charge >= 0.3 is 5.97 Å². The average molecular weight is 395 g/mol. The summed E-state index contributed by atoms with van der Waals surface area (Å²) >= 11 is 6.07. The van der Waals surface area contributed by atoms with Gasteiger partial charge in [0.15, 0.2) is 0 Å². The number of carbonyl (C=O) groups is 1. The zero-order chi connectivity index (χ0) is 19.7. The smallest absolute Gasteiger partial charge is 0.308 e. The Bertz CT molecular complexity index is 1050. The third kappa shape index (κ3) is 3.34. The fraction of sp³-hybridized carbons (Fsp3) is 0.227. The molecule has 2 heterocycles. The molecule has 0 fully saturated rings. The normalized spacial score (nSPS) is 15.2. The number of esters is 1. The molecule has 4 rings (SSSR count). The highest BCUT2D eigenvalue weighted by Gasteiger charge is 2.31. The van der Waals surface area contributed by atoms with Crippen molar-refractivity contribution in [3.8, 4) is 11.1 Å². The van der Waals surface area contributed by atoms with Crippen LogP contribution in [0.2, 0.25) is 5.02 Å². The van der Waals surface area contributed by atoms with Gasteiger partial charge in [0.05, 0.1) is 24.3 Å². The largest absolute Gasteiger partial charge is 0.466 e. The summed E-state index contributed by atoms with van der Waals surface area (Å²) in [6, 6.07) is 15.0. The van der Waals surface area contributed by atoms with Crippen molar-refractivity contribution in [1.82, 2.24) is 5.16 Å². The van der Waals surface area contributed by atoms with Gasteiger partial charge in [-0.15, -0.1) is 0 Å². The average Bonchev–Trinajstić information content (AvgIpc) is 3.01. The fourth-order valence-corrected chi connectivity index (χ4v) is 3.62. The van der Waals surface area contributed by atoms with Crippen molar-refractivity contribution in [3.63, 3.8) is 0 Å². The SMILES string of the molecule is CCOC(=O)CC1N=C(c2ccc(Cl)cc2)c2ccccc2-c2c1noc2C. The number of aromatic nitrogens is 1. The first-order chi connectivity index (χ1) is 13.6. The van der Waals surface area contributed by atoms with Gasteiger partial charge in [-0.3, -0.25) is 9.79 Å². The van der Waals surface area contributed by atoms with Crippen LogP contribution < -0.4 is 0 Å². The Labute approximate surface area is 168 Å². The van der Waals surface area contributed by atoms with E-state index in [2.05, 4.69) is 5.16 Å². The number of aryl methyl sites for hydroxylation is 1. The molecule has 0 spiro atoms. The van der Waals surface area contributed by atoms with Gasteiger partial charge in [0.25, 0.3) is 0 Å². The summed E-state index contributed by atoms with van der Waals surface area (Å²) in [6.45, 7) is 3.98. The van der Waals surface area contributed by atoms with Crippen LogP contribution in [0.15, 0.2) is 58.0 Å². The summed E-state index contributed by atoms with van der Waals surface area (Å²) in [4.78, 5) is 17.2. The quantitative estimate of drug-likeness (QED) is 0.574. The van der Waals surface area contributed by atoms with E-state index in [1.54, 1.807) is 6.92 Å². The second-order valence-corrected chi connectivity index (χ2v) is 6.99. The lowest BCUT2D eigenvalue weighted by Gasteiger charge is -2.12. The fourth-order valence-electron chi connectivity index (χ4n) is 3.50. The van der Waals surface area contributed by atoms with Crippen LogP contribution in [0.4, 0.5) is 0 Å². The minimum absolute atomic E-state index is 0.0951. The molecule has 142 valence electrons. The number of halogens is 1. The number of rotatable bonds is 4. The summed E-state index contributed by atoms with van der Waals surface area (Å²) in [6.07, 6.45) is 0.0951. The van der Waals surface area contributed by atoms with E-state index in [0.29, 0.717) is 23.1 Å². The van der Waals surface area contributed by atoms with Crippen molar-refractivity contribution in [1.29, 1.82) is 0 Å². The van der Waals surface area contributed by atoms with E-state index in [4.69, 9.17) is 25.9 Å². The van der Waals surface area contributed by atoms with Crippen LogP contribution in [0, 0.1) is 6.92 Å². The third-order valence-corrected chi connectivity index (χ3v) is 4.98. The number of aliphatic imine (C=N–C) groups is 1. The molecule has 0 saturated carbocycles. The van der Waals surface area contributed by atoms with E-state index >= 15 is 0 Å². The Kier molecular flexibility index (Phi) is 5.01. The predicted molar refractivity (Wildman–Crippen MR) is 108 cm³/mol. The molecule has 6 heteroatoms. The predicted octanol–water partition coefficient (Wildman–Crippen LogP) is 5.15. The molecular formula is C22H19ClN2O3. The highest BCUT2D eigenvalue weighted by Crippen LogP contribution is 2.40. The molecule has 5 nitrogen and oxygen atoms in total. The second kappa shape index (κ2) is 7.60. The minimum Gasteiger partial charge on any atom is -0.466 e.